The summed E-state index contributed by atoms with van der Waals surface area (Å²) in [4.78, 5) is 24.1. The fraction of sp³-hybridized carbons (Fsp3) is 0.125. The van der Waals surface area contributed by atoms with Gasteiger partial charge in [-0.05, 0) is 18.6 Å². The van der Waals surface area contributed by atoms with E-state index in [1.54, 1.807) is 6.92 Å². The number of nitrogens with zero attached hydrogens (tertiary/aromatic N) is 1. The highest BCUT2D eigenvalue weighted by Crippen LogP contribution is 2.25. The van der Waals surface area contributed by atoms with Gasteiger partial charge in [-0.1, -0.05) is 0 Å². The Labute approximate surface area is 83.9 Å². The summed E-state index contributed by atoms with van der Waals surface area (Å²) in [5, 5.41) is 16.7. The van der Waals surface area contributed by atoms with E-state index in [0.717, 1.165) is 0 Å². The molecular weight excluding hydrogens is 206 g/mol. The van der Waals surface area contributed by atoms with Gasteiger partial charge in [-0.15, -0.1) is 0 Å². The molecule has 1 rings (SSSR count). The van der Waals surface area contributed by atoms with Crippen LogP contribution in [0.5, 0.6) is 11.6 Å². The summed E-state index contributed by atoms with van der Waals surface area (Å²) in [6.07, 6.45) is -1.84. The van der Waals surface area contributed by atoms with E-state index in [0.29, 0.717) is 5.56 Å². The zero-order valence-corrected chi connectivity index (χ0v) is 7.63. The third-order valence-electron chi connectivity index (χ3n) is 1.34. The molecule has 1 aromatic heterocycles. The average Bonchev–Trinajstić information content (AvgIpc) is 2.08. The Morgan fingerprint density at radius 2 is 1.87 bits per heavy atom. The van der Waals surface area contributed by atoms with Crippen molar-refractivity contribution < 1.29 is 29.3 Å². The molecule has 0 aliphatic rings. The predicted molar refractivity (Wildman–Crippen MR) is 46.3 cm³/mol. The molecule has 0 saturated heterocycles. The first kappa shape index (κ1) is 10.8. The summed E-state index contributed by atoms with van der Waals surface area (Å²) in [6.45, 7) is 1.65. The molecule has 0 bridgehead atoms. The van der Waals surface area contributed by atoms with E-state index in [9.17, 15) is 9.59 Å². The van der Waals surface area contributed by atoms with Gasteiger partial charge in [-0.2, -0.15) is 0 Å². The lowest BCUT2D eigenvalue weighted by atomic mass is 10.3. The van der Waals surface area contributed by atoms with Gasteiger partial charge in [-0.25, -0.2) is 14.6 Å². The van der Waals surface area contributed by atoms with Crippen molar-refractivity contribution in [2.24, 2.45) is 0 Å². The standard InChI is InChI=1S/C8H7NO6/c1-4-2-5(14-7(10)11)6(9-3-4)15-8(12)13/h2-3H,1H3,(H,10,11)(H,12,13). The molecule has 0 spiro atoms. The Hall–Kier alpha value is -2.31. The third-order valence-corrected chi connectivity index (χ3v) is 1.34. The van der Waals surface area contributed by atoms with Gasteiger partial charge in [0.25, 0.3) is 5.88 Å². The van der Waals surface area contributed by atoms with Crippen LogP contribution in [-0.2, 0) is 0 Å². The van der Waals surface area contributed by atoms with Gasteiger partial charge in [0.15, 0.2) is 5.75 Å². The second-order valence-corrected chi connectivity index (χ2v) is 2.55. The molecule has 0 amide bonds. The third kappa shape index (κ3) is 3.14. The van der Waals surface area contributed by atoms with E-state index in [2.05, 4.69) is 14.5 Å². The maximum atomic E-state index is 10.3. The predicted octanol–water partition coefficient (Wildman–Crippen LogP) is 1.50. The van der Waals surface area contributed by atoms with Crippen LogP contribution in [0.3, 0.4) is 0 Å². The molecule has 1 heterocycles. The molecule has 7 nitrogen and oxygen atoms in total. The molecule has 7 heteroatoms. The second kappa shape index (κ2) is 4.27. The molecule has 0 fully saturated rings. The molecule has 1 aromatic rings. The topological polar surface area (TPSA) is 106 Å². The van der Waals surface area contributed by atoms with Crippen LogP contribution in [-0.4, -0.2) is 27.5 Å². The van der Waals surface area contributed by atoms with Gasteiger partial charge in [0.1, 0.15) is 0 Å². The summed E-state index contributed by atoms with van der Waals surface area (Å²) < 4.78 is 8.51. The Balaban J connectivity index is 3.02. The number of ether oxygens (including phenoxy) is 2. The zero-order chi connectivity index (χ0) is 11.4. The zero-order valence-electron chi connectivity index (χ0n) is 7.63. The molecule has 0 saturated carbocycles. The van der Waals surface area contributed by atoms with Crippen LogP contribution in [0.2, 0.25) is 0 Å². The van der Waals surface area contributed by atoms with Crippen LogP contribution in [0, 0.1) is 6.92 Å². The highest BCUT2D eigenvalue weighted by molar-refractivity contribution is 5.65. The van der Waals surface area contributed by atoms with Crippen LogP contribution in [0.25, 0.3) is 0 Å². The lowest BCUT2D eigenvalue weighted by Crippen LogP contribution is -2.09. The lowest BCUT2D eigenvalue weighted by molar-refractivity contribution is 0.131. The normalized spacial score (nSPS) is 9.40. The number of carboxylic acid groups (broad SMARTS) is 2. The lowest BCUT2D eigenvalue weighted by Gasteiger charge is -2.05. The monoisotopic (exact) mass is 213 g/mol. The van der Waals surface area contributed by atoms with Gasteiger partial charge in [-0.3, -0.25) is 0 Å². The highest BCUT2D eigenvalue weighted by Gasteiger charge is 2.13. The molecule has 0 radical (unpaired) electrons. The first-order chi connectivity index (χ1) is 6.99. The van der Waals surface area contributed by atoms with E-state index in [4.69, 9.17) is 10.2 Å². The highest BCUT2D eigenvalue weighted by atomic mass is 16.7. The smallest absolute Gasteiger partial charge is 0.449 e. The SMILES string of the molecule is Cc1cnc(OC(=O)O)c(OC(=O)O)c1. The van der Waals surface area contributed by atoms with Crippen LogP contribution in [0.1, 0.15) is 5.56 Å². The van der Waals surface area contributed by atoms with Crippen molar-refractivity contribution in [2.75, 3.05) is 0 Å². The molecule has 0 aliphatic heterocycles. The summed E-state index contributed by atoms with van der Waals surface area (Å²) in [5.74, 6) is -0.666. The maximum absolute atomic E-state index is 10.3. The molecule has 15 heavy (non-hydrogen) atoms. The summed E-state index contributed by atoms with van der Waals surface area (Å²) >= 11 is 0. The van der Waals surface area contributed by atoms with E-state index >= 15 is 0 Å². The minimum atomic E-state index is -1.60. The van der Waals surface area contributed by atoms with E-state index in [1.807, 2.05) is 0 Å². The van der Waals surface area contributed by atoms with Crippen molar-refractivity contribution in [2.45, 2.75) is 6.92 Å². The first-order valence-corrected chi connectivity index (χ1v) is 3.77. The quantitative estimate of drug-likeness (QED) is 0.717. The van der Waals surface area contributed by atoms with Crippen molar-refractivity contribution in [3.63, 3.8) is 0 Å². The van der Waals surface area contributed by atoms with Gasteiger partial charge in [0.2, 0.25) is 0 Å². The number of aromatic nitrogens is 1. The molecule has 0 atom stereocenters. The van der Waals surface area contributed by atoms with E-state index in [-0.39, 0.29) is 5.75 Å². The van der Waals surface area contributed by atoms with Crippen LogP contribution in [0.4, 0.5) is 9.59 Å². The number of hydrogen-bond donors (Lipinski definition) is 2. The molecule has 0 aromatic carbocycles. The van der Waals surface area contributed by atoms with Crippen LogP contribution < -0.4 is 9.47 Å². The van der Waals surface area contributed by atoms with Crippen molar-refractivity contribution in [1.82, 2.24) is 4.98 Å². The number of aryl methyl sites for hydroxylation is 1. The average molecular weight is 213 g/mol. The number of rotatable bonds is 2. The largest absolute Gasteiger partial charge is 0.512 e. The van der Waals surface area contributed by atoms with Crippen molar-refractivity contribution in [3.8, 4) is 11.6 Å². The van der Waals surface area contributed by atoms with Crippen LogP contribution >= 0.6 is 0 Å². The Bertz CT molecular complexity index is 402. The molecule has 80 valence electrons. The fourth-order valence-electron chi connectivity index (χ4n) is 0.856. The summed E-state index contributed by atoms with van der Waals surface area (Å²) in [7, 11) is 0. The van der Waals surface area contributed by atoms with Crippen LogP contribution in [0.15, 0.2) is 12.3 Å². The van der Waals surface area contributed by atoms with Gasteiger partial charge >= 0.3 is 12.3 Å². The number of pyridine rings is 1. The Kier molecular flexibility index (Phi) is 3.06. The van der Waals surface area contributed by atoms with Gasteiger partial charge in [0, 0.05) is 6.20 Å². The minimum Gasteiger partial charge on any atom is -0.449 e. The second-order valence-electron chi connectivity index (χ2n) is 2.55. The van der Waals surface area contributed by atoms with Crippen molar-refractivity contribution in [3.05, 3.63) is 17.8 Å². The maximum Gasteiger partial charge on any atom is 0.512 e. The van der Waals surface area contributed by atoms with E-state index < -0.39 is 18.2 Å². The molecule has 0 unspecified atom stereocenters. The first-order valence-electron chi connectivity index (χ1n) is 3.77. The number of hydrogen-bond acceptors (Lipinski definition) is 5. The molecule has 2 N–H and O–H groups in total. The van der Waals surface area contributed by atoms with Gasteiger partial charge < -0.3 is 19.7 Å². The van der Waals surface area contributed by atoms with Crippen molar-refractivity contribution in [1.29, 1.82) is 0 Å². The number of carbonyl (C=O) groups is 2. The summed E-state index contributed by atoms with van der Waals surface area (Å²) in [6, 6.07) is 1.30. The summed E-state index contributed by atoms with van der Waals surface area (Å²) in [5.41, 5.74) is 0.615. The van der Waals surface area contributed by atoms with Crippen molar-refractivity contribution >= 4 is 12.3 Å². The Morgan fingerprint density at radius 3 is 2.40 bits per heavy atom. The minimum absolute atomic E-state index is 0.259. The fourth-order valence-corrected chi connectivity index (χ4v) is 0.856. The Morgan fingerprint density at radius 1 is 1.27 bits per heavy atom. The molecular formula is C8H7NO6. The van der Waals surface area contributed by atoms with Gasteiger partial charge in [0.05, 0.1) is 0 Å². The van der Waals surface area contributed by atoms with E-state index in [1.165, 1.54) is 12.3 Å². The molecule has 0 aliphatic carbocycles.